The lowest BCUT2D eigenvalue weighted by Gasteiger charge is -2.11. The first-order chi connectivity index (χ1) is 15.6. The first kappa shape index (κ1) is 22.1. The molecule has 6 nitrogen and oxygen atoms in total. The number of nitrogens with zero attached hydrogens (tertiary/aromatic N) is 1. The fraction of sp³-hybridized carbons (Fsp3) is 0.360. The van der Waals surface area contributed by atoms with Crippen molar-refractivity contribution in [1.29, 1.82) is 0 Å². The molecule has 32 heavy (non-hydrogen) atoms. The molecule has 1 aliphatic carbocycles. The van der Waals surface area contributed by atoms with Gasteiger partial charge in [-0.3, -0.25) is 4.79 Å². The van der Waals surface area contributed by atoms with E-state index in [0.29, 0.717) is 25.7 Å². The molecule has 2 aromatic carbocycles. The second-order valence-corrected chi connectivity index (χ2v) is 8.55. The van der Waals surface area contributed by atoms with Crippen molar-refractivity contribution >= 4 is 17.3 Å². The minimum atomic E-state index is -0.739. The maximum atomic E-state index is 11.0. The quantitative estimate of drug-likeness (QED) is 0.383. The molecule has 0 unspecified atom stereocenters. The average molecular weight is 454 g/mol. The van der Waals surface area contributed by atoms with E-state index in [1.54, 1.807) is 11.3 Å². The van der Waals surface area contributed by atoms with Crippen LogP contribution in [0.5, 0.6) is 17.4 Å². The van der Waals surface area contributed by atoms with Crippen LogP contribution in [-0.2, 0) is 11.2 Å². The van der Waals surface area contributed by atoms with E-state index in [1.165, 1.54) is 5.56 Å². The number of hydrogen-bond donors (Lipinski definition) is 1. The molecule has 1 aromatic heterocycles. The number of ether oxygens (including phenoxy) is 3. The first-order valence-corrected chi connectivity index (χ1v) is 11.8. The van der Waals surface area contributed by atoms with Crippen LogP contribution in [0.1, 0.15) is 43.2 Å². The van der Waals surface area contributed by atoms with Gasteiger partial charge in [-0.05, 0) is 73.2 Å². The van der Waals surface area contributed by atoms with Crippen LogP contribution in [0.25, 0.3) is 10.6 Å². The predicted octanol–water partition coefficient (Wildman–Crippen LogP) is 5.56. The summed E-state index contributed by atoms with van der Waals surface area (Å²) in [5, 5.41) is 11.9. The van der Waals surface area contributed by atoms with E-state index in [-0.39, 0.29) is 12.3 Å². The molecule has 0 saturated carbocycles. The molecule has 0 amide bonds. The van der Waals surface area contributed by atoms with Crippen molar-refractivity contribution in [3.05, 3.63) is 59.0 Å². The number of aliphatic carboxylic acids is 1. The SMILES string of the molecule is CCOc1csc(-c2ccc(OCCCOc3ccc4c(c3)CC[C@H]4CC(=O)O)cc2)n1. The number of carbonyl (C=O) groups is 1. The highest BCUT2D eigenvalue weighted by atomic mass is 32.1. The second-order valence-electron chi connectivity index (χ2n) is 7.69. The van der Waals surface area contributed by atoms with E-state index in [2.05, 4.69) is 4.98 Å². The summed E-state index contributed by atoms with van der Waals surface area (Å²) in [5.74, 6) is 1.70. The highest BCUT2D eigenvalue weighted by Gasteiger charge is 2.24. The van der Waals surface area contributed by atoms with Gasteiger partial charge in [0, 0.05) is 12.0 Å². The zero-order chi connectivity index (χ0) is 22.3. The number of aromatic nitrogens is 1. The first-order valence-electron chi connectivity index (χ1n) is 10.9. The summed E-state index contributed by atoms with van der Waals surface area (Å²) in [7, 11) is 0. The highest BCUT2D eigenvalue weighted by molar-refractivity contribution is 7.13. The van der Waals surface area contributed by atoms with E-state index in [1.807, 2.05) is 54.8 Å². The van der Waals surface area contributed by atoms with Crippen LogP contribution in [0, 0.1) is 0 Å². The third kappa shape index (κ3) is 5.59. The third-order valence-electron chi connectivity index (χ3n) is 5.44. The van der Waals surface area contributed by atoms with Crippen molar-refractivity contribution in [2.24, 2.45) is 0 Å². The molecule has 0 radical (unpaired) electrons. The van der Waals surface area contributed by atoms with Crippen molar-refractivity contribution in [1.82, 2.24) is 4.98 Å². The van der Waals surface area contributed by atoms with Gasteiger partial charge in [-0.25, -0.2) is 4.98 Å². The van der Waals surface area contributed by atoms with Crippen molar-refractivity contribution in [2.75, 3.05) is 19.8 Å². The Morgan fingerprint density at radius 2 is 1.84 bits per heavy atom. The molecule has 1 N–H and O–H groups in total. The molecule has 1 heterocycles. The number of benzene rings is 2. The molecule has 168 valence electrons. The zero-order valence-corrected chi connectivity index (χ0v) is 18.9. The number of aryl methyl sites for hydroxylation is 1. The Morgan fingerprint density at radius 1 is 1.09 bits per heavy atom. The Hall–Kier alpha value is -3.06. The minimum Gasteiger partial charge on any atom is -0.493 e. The fourth-order valence-electron chi connectivity index (χ4n) is 3.93. The van der Waals surface area contributed by atoms with Gasteiger partial charge < -0.3 is 19.3 Å². The summed E-state index contributed by atoms with van der Waals surface area (Å²) in [4.78, 5) is 15.5. The van der Waals surface area contributed by atoms with Crippen LogP contribution in [0.3, 0.4) is 0 Å². The number of carboxylic acid groups (broad SMARTS) is 1. The highest BCUT2D eigenvalue weighted by Crippen LogP contribution is 2.37. The van der Waals surface area contributed by atoms with E-state index >= 15 is 0 Å². The lowest BCUT2D eigenvalue weighted by atomic mass is 9.98. The number of thiazole rings is 1. The van der Waals surface area contributed by atoms with Gasteiger partial charge in [0.15, 0.2) is 0 Å². The predicted molar refractivity (Wildman–Crippen MR) is 124 cm³/mol. The molecular weight excluding hydrogens is 426 g/mol. The number of carboxylic acids is 1. The maximum Gasteiger partial charge on any atom is 0.303 e. The standard InChI is InChI=1S/C25H27NO5S/c1-2-29-23-16-32-25(26-23)17-6-8-20(9-7-17)30-12-3-13-31-21-10-11-22-18(14-21)4-5-19(22)15-24(27)28/h6-11,14,16,19H,2-5,12-13,15H2,1H3,(H,27,28)/t19-/m0/s1. The van der Waals surface area contributed by atoms with Crippen LogP contribution in [0.4, 0.5) is 0 Å². The monoisotopic (exact) mass is 453 g/mol. The van der Waals surface area contributed by atoms with Crippen molar-refractivity contribution in [3.8, 4) is 28.0 Å². The Morgan fingerprint density at radius 3 is 2.59 bits per heavy atom. The van der Waals surface area contributed by atoms with E-state index in [4.69, 9.17) is 19.3 Å². The van der Waals surface area contributed by atoms with Crippen LogP contribution in [0.15, 0.2) is 47.8 Å². The Bertz CT molecular complexity index is 1050. The molecule has 1 aliphatic rings. The maximum absolute atomic E-state index is 11.0. The summed E-state index contributed by atoms with van der Waals surface area (Å²) in [6, 6.07) is 13.9. The van der Waals surface area contributed by atoms with Gasteiger partial charge >= 0.3 is 5.97 Å². The summed E-state index contributed by atoms with van der Waals surface area (Å²) in [6.45, 7) is 3.69. The van der Waals surface area contributed by atoms with Crippen LogP contribution >= 0.6 is 11.3 Å². The number of fused-ring (bicyclic) bond motifs is 1. The van der Waals surface area contributed by atoms with E-state index in [0.717, 1.165) is 46.9 Å². The summed E-state index contributed by atoms with van der Waals surface area (Å²) < 4.78 is 17.1. The fourth-order valence-corrected chi connectivity index (χ4v) is 4.68. The van der Waals surface area contributed by atoms with Crippen LogP contribution in [-0.4, -0.2) is 35.9 Å². The average Bonchev–Trinajstić information content (AvgIpc) is 3.41. The van der Waals surface area contributed by atoms with Crippen molar-refractivity contribution in [3.63, 3.8) is 0 Å². The van der Waals surface area contributed by atoms with Gasteiger partial charge in [-0.1, -0.05) is 6.07 Å². The Kier molecular flexibility index (Phi) is 7.27. The minimum absolute atomic E-state index is 0.124. The zero-order valence-electron chi connectivity index (χ0n) is 18.1. The molecule has 0 saturated heterocycles. The van der Waals surface area contributed by atoms with Gasteiger partial charge in [0.2, 0.25) is 5.88 Å². The second kappa shape index (κ2) is 10.5. The molecule has 0 aliphatic heterocycles. The van der Waals surface area contributed by atoms with Gasteiger partial charge in [0.05, 0.1) is 31.6 Å². The number of rotatable bonds is 11. The summed E-state index contributed by atoms with van der Waals surface area (Å²) in [6.07, 6.45) is 2.78. The third-order valence-corrected chi connectivity index (χ3v) is 6.31. The molecule has 1 atom stereocenters. The molecule has 0 spiro atoms. The smallest absolute Gasteiger partial charge is 0.303 e. The summed E-state index contributed by atoms with van der Waals surface area (Å²) >= 11 is 1.56. The number of hydrogen-bond acceptors (Lipinski definition) is 6. The molecule has 3 aromatic rings. The topological polar surface area (TPSA) is 77.9 Å². The van der Waals surface area contributed by atoms with Gasteiger partial charge in [0.25, 0.3) is 0 Å². The lowest BCUT2D eigenvalue weighted by Crippen LogP contribution is -2.05. The molecular formula is C25H27NO5S. The van der Waals surface area contributed by atoms with E-state index in [9.17, 15) is 4.79 Å². The Labute approximate surface area is 191 Å². The molecule has 7 heteroatoms. The largest absolute Gasteiger partial charge is 0.493 e. The van der Waals surface area contributed by atoms with Gasteiger partial charge in [-0.2, -0.15) is 0 Å². The van der Waals surface area contributed by atoms with Crippen LogP contribution < -0.4 is 14.2 Å². The van der Waals surface area contributed by atoms with E-state index < -0.39 is 5.97 Å². The van der Waals surface area contributed by atoms with Crippen LogP contribution in [0.2, 0.25) is 0 Å². The van der Waals surface area contributed by atoms with Gasteiger partial charge in [-0.15, -0.1) is 11.3 Å². The summed E-state index contributed by atoms with van der Waals surface area (Å²) in [5.41, 5.74) is 3.40. The molecule has 4 rings (SSSR count). The van der Waals surface area contributed by atoms with Gasteiger partial charge in [0.1, 0.15) is 16.5 Å². The molecule has 0 bridgehead atoms. The lowest BCUT2D eigenvalue weighted by molar-refractivity contribution is -0.137. The Balaban J connectivity index is 1.20. The van der Waals surface area contributed by atoms with Crippen molar-refractivity contribution < 1.29 is 24.1 Å². The van der Waals surface area contributed by atoms with Crippen molar-refractivity contribution in [2.45, 2.75) is 38.5 Å². The molecule has 0 fully saturated rings. The normalized spacial score (nSPS) is 14.7.